The van der Waals surface area contributed by atoms with Gasteiger partial charge in [-0.2, -0.15) is 0 Å². The maximum atomic E-state index is 12.9. The fourth-order valence-corrected chi connectivity index (χ4v) is 3.46. The van der Waals surface area contributed by atoms with Gasteiger partial charge in [-0.1, -0.05) is 16.8 Å². The highest BCUT2D eigenvalue weighted by Crippen LogP contribution is 2.40. The lowest BCUT2D eigenvalue weighted by atomic mass is 10.00. The van der Waals surface area contributed by atoms with Crippen LogP contribution < -0.4 is 5.32 Å². The molecule has 28 heavy (non-hydrogen) atoms. The first-order valence-electron chi connectivity index (χ1n) is 8.74. The molecule has 3 N–H and O–H groups in total. The molecule has 8 heteroatoms. The standard InChI is InChI=1S/C20H18ClN3O4/c1-22-12-4-2-11(3-5-12)20(27)24-7-6-16-14(10-24)19(28-23-16)13-8-15(21)18(26)9-17(13)25/h2-5,8-9,22,25-26H,6-7,10H2,1H3. The summed E-state index contributed by atoms with van der Waals surface area (Å²) in [6, 6.07) is 9.84. The Labute approximate surface area is 166 Å². The first-order chi connectivity index (χ1) is 13.5. The average Bonchev–Trinajstić information content (AvgIpc) is 3.13. The maximum absolute atomic E-state index is 12.9. The van der Waals surface area contributed by atoms with Gasteiger partial charge in [-0.3, -0.25) is 4.79 Å². The van der Waals surface area contributed by atoms with Gasteiger partial charge in [0, 0.05) is 42.9 Å². The molecular weight excluding hydrogens is 382 g/mol. The fourth-order valence-electron chi connectivity index (χ4n) is 3.29. The zero-order valence-electron chi connectivity index (χ0n) is 15.1. The molecule has 0 spiro atoms. The third-order valence-corrected chi connectivity index (χ3v) is 5.16. The molecule has 0 aliphatic carbocycles. The van der Waals surface area contributed by atoms with Crippen LogP contribution in [0.2, 0.25) is 5.02 Å². The van der Waals surface area contributed by atoms with E-state index in [9.17, 15) is 15.0 Å². The summed E-state index contributed by atoms with van der Waals surface area (Å²) in [5.41, 5.74) is 3.32. The van der Waals surface area contributed by atoms with Crippen LogP contribution in [-0.4, -0.2) is 39.8 Å². The predicted molar refractivity (Wildman–Crippen MR) is 105 cm³/mol. The van der Waals surface area contributed by atoms with Gasteiger partial charge in [0.1, 0.15) is 11.5 Å². The number of hydrogen-bond acceptors (Lipinski definition) is 6. The average molecular weight is 400 g/mol. The molecule has 0 saturated carbocycles. The smallest absolute Gasteiger partial charge is 0.254 e. The SMILES string of the molecule is CNc1ccc(C(=O)N2CCc3noc(-c4cc(Cl)c(O)cc4O)c3C2)cc1. The summed E-state index contributed by atoms with van der Waals surface area (Å²) in [6.07, 6.45) is 0.547. The Morgan fingerprint density at radius 3 is 2.68 bits per heavy atom. The number of halogens is 1. The summed E-state index contributed by atoms with van der Waals surface area (Å²) in [4.78, 5) is 14.6. The lowest BCUT2D eigenvalue weighted by molar-refractivity contribution is 0.0734. The number of carbonyl (C=O) groups excluding carboxylic acids is 1. The fraction of sp³-hybridized carbons (Fsp3) is 0.200. The van der Waals surface area contributed by atoms with E-state index < -0.39 is 0 Å². The Kier molecular flexibility index (Phi) is 4.60. The van der Waals surface area contributed by atoms with Gasteiger partial charge in [-0.15, -0.1) is 0 Å². The predicted octanol–water partition coefficient (Wildman–Crippen LogP) is 3.65. The molecule has 7 nitrogen and oxygen atoms in total. The van der Waals surface area contributed by atoms with Crippen molar-refractivity contribution >= 4 is 23.2 Å². The number of nitrogens with one attached hydrogen (secondary N) is 1. The van der Waals surface area contributed by atoms with E-state index in [0.29, 0.717) is 36.4 Å². The van der Waals surface area contributed by atoms with Crippen LogP contribution in [0.5, 0.6) is 11.5 Å². The van der Waals surface area contributed by atoms with Crippen LogP contribution in [0.3, 0.4) is 0 Å². The van der Waals surface area contributed by atoms with E-state index in [0.717, 1.165) is 23.0 Å². The van der Waals surface area contributed by atoms with Crippen molar-refractivity contribution in [2.45, 2.75) is 13.0 Å². The number of phenolic OH excluding ortho intramolecular Hbond substituents is 2. The van der Waals surface area contributed by atoms with Crippen LogP contribution >= 0.6 is 11.6 Å². The van der Waals surface area contributed by atoms with E-state index in [-0.39, 0.29) is 22.4 Å². The number of nitrogens with zero attached hydrogens (tertiary/aromatic N) is 2. The Morgan fingerprint density at radius 2 is 1.96 bits per heavy atom. The van der Waals surface area contributed by atoms with Gasteiger partial charge in [0.2, 0.25) is 0 Å². The lowest BCUT2D eigenvalue weighted by Gasteiger charge is -2.26. The number of anilines is 1. The first-order valence-corrected chi connectivity index (χ1v) is 9.12. The second-order valence-electron chi connectivity index (χ2n) is 6.56. The van der Waals surface area contributed by atoms with Crippen molar-refractivity contribution < 1.29 is 19.5 Å². The number of carbonyl (C=O) groups is 1. The van der Waals surface area contributed by atoms with Gasteiger partial charge >= 0.3 is 0 Å². The molecule has 4 rings (SSSR count). The Hall–Kier alpha value is -3.19. The third kappa shape index (κ3) is 3.14. The Bertz CT molecular complexity index is 1050. The van der Waals surface area contributed by atoms with E-state index >= 15 is 0 Å². The number of benzene rings is 2. The molecule has 2 aromatic carbocycles. The highest BCUT2D eigenvalue weighted by molar-refractivity contribution is 6.32. The molecule has 144 valence electrons. The largest absolute Gasteiger partial charge is 0.507 e. The molecule has 0 fully saturated rings. The van der Waals surface area contributed by atoms with Crippen LogP contribution in [0, 0.1) is 0 Å². The second kappa shape index (κ2) is 7.09. The molecule has 2 heterocycles. The van der Waals surface area contributed by atoms with Gasteiger partial charge in [-0.05, 0) is 30.3 Å². The first kappa shape index (κ1) is 18.2. The highest BCUT2D eigenvalue weighted by atomic mass is 35.5. The normalized spacial score (nSPS) is 13.3. The molecule has 1 aromatic heterocycles. The van der Waals surface area contributed by atoms with Crippen molar-refractivity contribution in [3.05, 3.63) is 58.2 Å². The van der Waals surface area contributed by atoms with Crippen molar-refractivity contribution in [3.63, 3.8) is 0 Å². The summed E-state index contributed by atoms with van der Waals surface area (Å²) < 4.78 is 5.45. The Balaban J connectivity index is 1.64. The molecule has 0 radical (unpaired) electrons. The minimum absolute atomic E-state index is 0.0892. The number of hydrogen-bond donors (Lipinski definition) is 3. The van der Waals surface area contributed by atoms with Gasteiger partial charge in [-0.25, -0.2) is 0 Å². The number of aromatic nitrogens is 1. The van der Waals surface area contributed by atoms with Gasteiger partial charge < -0.3 is 25.0 Å². The molecule has 0 unspecified atom stereocenters. The van der Waals surface area contributed by atoms with Crippen LogP contribution in [0.25, 0.3) is 11.3 Å². The molecular formula is C20H18ClN3O4. The summed E-state index contributed by atoms with van der Waals surface area (Å²) in [6.45, 7) is 0.826. The molecule has 1 amide bonds. The zero-order valence-corrected chi connectivity index (χ0v) is 15.8. The zero-order chi connectivity index (χ0) is 19.8. The van der Waals surface area contributed by atoms with E-state index in [1.54, 1.807) is 17.0 Å². The summed E-state index contributed by atoms with van der Waals surface area (Å²) in [7, 11) is 1.82. The van der Waals surface area contributed by atoms with Gasteiger partial charge in [0.25, 0.3) is 5.91 Å². The van der Waals surface area contributed by atoms with Gasteiger partial charge in [0.05, 0.1) is 22.8 Å². The number of rotatable bonds is 3. The molecule has 0 atom stereocenters. The van der Waals surface area contributed by atoms with Crippen LogP contribution in [-0.2, 0) is 13.0 Å². The van der Waals surface area contributed by atoms with E-state index in [1.807, 2.05) is 19.2 Å². The molecule has 0 saturated heterocycles. The minimum Gasteiger partial charge on any atom is -0.507 e. The third-order valence-electron chi connectivity index (χ3n) is 4.85. The quantitative estimate of drug-likeness (QED) is 0.621. The van der Waals surface area contributed by atoms with Crippen molar-refractivity contribution in [2.24, 2.45) is 0 Å². The van der Waals surface area contributed by atoms with E-state index in [1.165, 1.54) is 6.07 Å². The number of phenols is 2. The number of fused-ring (bicyclic) bond motifs is 1. The lowest BCUT2D eigenvalue weighted by Crippen LogP contribution is -2.35. The van der Waals surface area contributed by atoms with Crippen molar-refractivity contribution in [2.75, 3.05) is 18.9 Å². The van der Waals surface area contributed by atoms with Crippen LogP contribution in [0.15, 0.2) is 40.9 Å². The molecule has 1 aliphatic heterocycles. The van der Waals surface area contributed by atoms with Crippen LogP contribution in [0.1, 0.15) is 21.6 Å². The van der Waals surface area contributed by atoms with Crippen molar-refractivity contribution in [3.8, 4) is 22.8 Å². The summed E-state index contributed by atoms with van der Waals surface area (Å²) in [5.74, 6) is -0.143. The molecule has 1 aliphatic rings. The van der Waals surface area contributed by atoms with Crippen molar-refractivity contribution in [1.29, 1.82) is 0 Å². The van der Waals surface area contributed by atoms with Crippen molar-refractivity contribution in [1.82, 2.24) is 10.1 Å². The van der Waals surface area contributed by atoms with E-state index in [4.69, 9.17) is 16.1 Å². The summed E-state index contributed by atoms with van der Waals surface area (Å²) in [5, 5.41) is 27.0. The number of aromatic hydroxyl groups is 2. The highest BCUT2D eigenvalue weighted by Gasteiger charge is 2.29. The summed E-state index contributed by atoms with van der Waals surface area (Å²) >= 11 is 5.98. The Morgan fingerprint density at radius 1 is 1.21 bits per heavy atom. The topological polar surface area (TPSA) is 98.8 Å². The van der Waals surface area contributed by atoms with E-state index in [2.05, 4.69) is 10.5 Å². The number of amides is 1. The monoisotopic (exact) mass is 399 g/mol. The van der Waals surface area contributed by atoms with Crippen LogP contribution in [0.4, 0.5) is 5.69 Å². The van der Waals surface area contributed by atoms with Gasteiger partial charge in [0.15, 0.2) is 5.76 Å². The maximum Gasteiger partial charge on any atom is 0.254 e. The molecule has 0 bridgehead atoms. The minimum atomic E-state index is -0.224. The molecule has 3 aromatic rings. The second-order valence-corrected chi connectivity index (χ2v) is 6.97.